The SMILES string of the molecule is C=C(C)C(=O)CCCCCCCCCCCC[Si](OC)(OC)OCCC(=O)O. The molecule has 0 saturated heterocycles. The summed E-state index contributed by atoms with van der Waals surface area (Å²) in [5.74, 6) is -0.684. The van der Waals surface area contributed by atoms with Gasteiger partial charge >= 0.3 is 14.8 Å². The molecular weight excluding hydrogens is 376 g/mol. The molecule has 0 atom stereocenters. The molecule has 0 heterocycles. The van der Waals surface area contributed by atoms with Gasteiger partial charge in [0.05, 0.1) is 6.42 Å². The molecule has 0 rings (SSSR count). The summed E-state index contributed by atoms with van der Waals surface area (Å²) in [7, 11) is 0.436. The quantitative estimate of drug-likeness (QED) is 0.168. The largest absolute Gasteiger partial charge is 0.500 e. The molecule has 7 heteroatoms. The molecule has 0 aromatic carbocycles. The van der Waals surface area contributed by atoms with E-state index in [1.165, 1.54) is 38.5 Å². The van der Waals surface area contributed by atoms with Gasteiger partial charge in [0.25, 0.3) is 0 Å². The van der Waals surface area contributed by atoms with Crippen LogP contribution in [0.3, 0.4) is 0 Å². The van der Waals surface area contributed by atoms with Crippen molar-refractivity contribution in [1.29, 1.82) is 0 Å². The third-order valence-electron chi connectivity index (χ3n) is 4.87. The highest BCUT2D eigenvalue weighted by Gasteiger charge is 2.38. The molecule has 0 aliphatic carbocycles. The molecule has 0 saturated carbocycles. The Morgan fingerprint density at radius 2 is 1.29 bits per heavy atom. The van der Waals surface area contributed by atoms with Gasteiger partial charge in [-0.15, -0.1) is 0 Å². The lowest BCUT2D eigenvalue weighted by molar-refractivity contribution is -0.137. The fourth-order valence-corrected chi connectivity index (χ4v) is 5.08. The molecular formula is C21H40O6Si. The van der Waals surface area contributed by atoms with Crippen LogP contribution in [0.5, 0.6) is 0 Å². The van der Waals surface area contributed by atoms with E-state index in [0.717, 1.165) is 31.7 Å². The molecule has 0 fully saturated rings. The topological polar surface area (TPSA) is 82.1 Å². The summed E-state index contributed by atoms with van der Waals surface area (Å²) in [6, 6.07) is 0.725. The lowest BCUT2D eigenvalue weighted by Crippen LogP contribution is -2.44. The minimum absolute atomic E-state index is 0.0360. The average molecular weight is 417 g/mol. The van der Waals surface area contributed by atoms with Gasteiger partial charge in [0.2, 0.25) is 0 Å². The van der Waals surface area contributed by atoms with E-state index in [2.05, 4.69) is 6.58 Å². The first-order valence-electron chi connectivity index (χ1n) is 10.5. The number of unbranched alkanes of at least 4 members (excludes halogenated alkanes) is 9. The van der Waals surface area contributed by atoms with Crippen LogP contribution >= 0.6 is 0 Å². The number of ketones is 1. The normalized spacial score (nSPS) is 11.5. The van der Waals surface area contributed by atoms with Gasteiger partial charge in [0, 0.05) is 33.3 Å². The van der Waals surface area contributed by atoms with Crippen molar-refractivity contribution in [2.75, 3.05) is 20.8 Å². The van der Waals surface area contributed by atoms with Gasteiger partial charge < -0.3 is 18.4 Å². The summed E-state index contributed by atoms with van der Waals surface area (Å²) < 4.78 is 16.6. The Bertz CT molecular complexity index is 448. The number of carbonyl (C=O) groups is 2. The molecule has 0 bridgehead atoms. The van der Waals surface area contributed by atoms with Crippen molar-refractivity contribution < 1.29 is 28.0 Å². The standard InChI is InChI=1S/C21H40O6Si/c1-19(2)20(22)15-13-11-9-7-5-6-8-10-12-14-18-28(25-3,26-4)27-17-16-21(23)24/h1,5-18H2,2-4H3,(H,23,24). The molecule has 0 aromatic heterocycles. The summed E-state index contributed by atoms with van der Waals surface area (Å²) in [5.41, 5.74) is 0.669. The number of carboxylic acids is 1. The Labute approximate surface area is 172 Å². The molecule has 0 amide bonds. The van der Waals surface area contributed by atoms with Crippen LogP contribution in [-0.4, -0.2) is 46.5 Å². The molecule has 0 unspecified atom stereocenters. The highest BCUT2D eigenvalue weighted by atomic mass is 28.4. The summed E-state index contributed by atoms with van der Waals surface area (Å²) in [6.07, 6.45) is 12.1. The van der Waals surface area contributed by atoms with Crippen LogP contribution in [0.2, 0.25) is 6.04 Å². The van der Waals surface area contributed by atoms with Crippen LogP contribution in [0.25, 0.3) is 0 Å². The number of rotatable bonds is 20. The number of carboxylic acid groups (broad SMARTS) is 1. The summed E-state index contributed by atoms with van der Waals surface area (Å²) >= 11 is 0. The molecule has 0 aliphatic heterocycles. The number of Topliss-reactive ketones (excluding diaryl/α,β-unsaturated/α-hetero) is 1. The van der Waals surface area contributed by atoms with Gasteiger partial charge in [0.15, 0.2) is 5.78 Å². The van der Waals surface area contributed by atoms with E-state index >= 15 is 0 Å². The molecule has 164 valence electrons. The number of hydrogen-bond acceptors (Lipinski definition) is 5. The van der Waals surface area contributed by atoms with Gasteiger partial charge in [-0.3, -0.25) is 9.59 Å². The van der Waals surface area contributed by atoms with Crippen molar-refractivity contribution in [3.8, 4) is 0 Å². The first kappa shape index (κ1) is 27.0. The Morgan fingerprint density at radius 1 is 0.821 bits per heavy atom. The van der Waals surface area contributed by atoms with Crippen LogP contribution in [0.1, 0.15) is 84.0 Å². The van der Waals surface area contributed by atoms with Crippen molar-refractivity contribution in [2.45, 2.75) is 90.0 Å². The van der Waals surface area contributed by atoms with E-state index in [1.807, 2.05) is 0 Å². The highest BCUT2D eigenvalue weighted by Crippen LogP contribution is 2.20. The summed E-state index contributed by atoms with van der Waals surface area (Å²) in [5, 5.41) is 8.71. The van der Waals surface area contributed by atoms with Crippen LogP contribution in [0.15, 0.2) is 12.2 Å². The Balaban J connectivity index is 3.61. The first-order valence-corrected chi connectivity index (χ1v) is 12.4. The van der Waals surface area contributed by atoms with E-state index in [9.17, 15) is 9.59 Å². The number of carbonyl (C=O) groups excluding carboxylic acids is 1. The van der Waals surface area contributed by atoms with E-state index in [0.29, 0.717) is 12.0 Å². The Kier molecular flexibility index (Phi) is 16.3. The van der Waals surface area contributed by atoms with Gasteiger partial charge in [0.1, 0.15) is 0 Å². The number of allylic oxidation sites excluding steroid dienone is 1. The zero-order valence-corrected chi connectivity index (χ0v) is 19.1. The molecule has 6 nitrogen and oxygen atoms in total. The first-order chi connectivity index (χ1) is 13.4. The number of aliphatic carboxylic acids is 1. The van der Waals surface area contributed by atoms with Crippen molar-refractivity contribution in [3.05, 3.63) is 12.2 Å². The molecule has 1 N–H and O–H groups in total. The Hall–Kier alpha value is -1.02. The fourth-order valence-electron chi connectivity index (χ4n) is 3.03. The van der Waals surface area contributed by atoms with Crippen molar-refractivity contribution >= 4 is 20.6 Å². The average Bonchev–Trinajstić information content (AvgIpc) is 2.66. The maximum atomic E-state index is 11.4. The lowest BCUT2D eigenvalue weighted by Gasteiger charge is -2.26. The molecule has 0 radical (unpaired) electrons. The van der Waals surface area contributed by atoms with Gasteiger partial charge in [-0.05, 0) is 25.3 Å². The van der Waals surface area contributed by atoms with Gasteiger partial charge in [-0.2, -0.15) is 0 Å². The van der Waals surface area contributed by atoms with Crippen molar-refractivity contribution in [1.82, 2.24) is 0 Å². The van der Waals surface area contributed by atoms with E-state index in [1.54, 1.807) is 21.1 Å². The third kappa shape index (κ3) is 14.0. The zero-order valence-electron chi connectivity index (χ0n) is 18.1. The monoisotopic (exact) mass is 416 g/mol. The van der Waals surface area contributed by atoms with Crippen molar-refractivity contribution in [3.63, 3.8) is 0 Å². The van der Waals surface area contributed by atoms with Crippen LogP contribution < -0.4 is 0 Å². The van der Waals surface area contributed by atoms with Crippen LogP contribution in [0.4, 0.5) is 0 Å². The predicted molar refractivity (Wildman–Crippen MR) is 113 cm³/mol. The predicted octanol–water partition coefficient (Wildman–Crippen LogP) is 5.15. The molecule has 28 heavy (non-hydrogen) atoms. The zero-order chi connectivity index (χ0) is 21.3. The smallest absolute Gasteiger partial charge is 0.481 e. The maximum absolute atomic E-state index is 11.4. The molecule has 0 aromatic rings. The van der Waals surface area contributed by atoms with Gasteiger partial charge in [-0.25, -0.2) is 0 Å². The van der Waals surface area contributed by atoms with Crippen LogP contribution in [-0.2, 0) is 22.9 Å². The third-order valence-corrected chi connectivity index (χ3v) is 7.73. The fraction of sp³-hybridized carbons (Fsp3) is 0.810. The van der Waals surface area contributed by atoms with Crippen molar-refractivity contribution in [2.24, 2.45) is 0 Å². The van der Waals surface area contributed by atoms with E-state index in [-0.39, 0.29) is 18.8 Å². The van der Waals surface area contributed by atoms with E-state index < -0.39 is 14.8 Å². The second-order valence-electron chi connectivity index (χ2n) is 7.32. The van der Waals surface area contributed by atoms with Gasteiger partial charge in [-0.1, -0.05) is 57.9 Å². The second kappa shape index (κ2) is 16.9. The lowest BCUT2D eigenvalue weighted by atomic mass is 10.0. The van der Waals surface area contributed by atoms with E-state index in [4.69, 9.17) is 18.4 Å². The number of hydrogen-bond donors (Lipinski definition) is 1. The minimum Gasteiger partial charge on any atom is -0.481 e. The second-order valence-corrected chi connectivity index (χ2v) is 10.3. The highest BCUT2D eigenvalue weighted by molar-refractivity contribution is 6.60. The Morgan fingerprint density at radius 3 is 1.71 bits per heavy atom. The maximum Gasteiger partial charge on any atom is 0.500 e. The summed E-state index contributed by atoms with van der Waals surface area (Å²) in [4.78, 5) is 22.0. The molecule has 0 aliphatic rings. The molecule has 0 spiro atoms. The van der Waals surface area contributed by atoms with Crippen LogP contribution in [0, 0.1) is 0 Å². The summed E-state index contributed by atoms with van der Waals surface area (Å²) in [6.45, 7) is 5.59. The minimum atomic E-state index is -2.71.